The first kappa shape index (κ1) is 12.6. The Morgan fingerprint density at radius 2 is 2.20 bits per heavy atom. The largest absolute Gasteiger partial charge is 0.361 e. The number of rotatable bonds is 4. The number of nitrogens with zero attached hydrogens (tertiary/aromatic N) is 1. The van der Waals surface area contributed by atoms with Crippen molar-refractivity contribution in [2.75, 3.05) is 0 Å². The third-order valence-electron chi connectivity index (χ3n) is 2.95. The molecule has 0 fully saturated rings. The molecular formula is C15H13N3OS. The molecule has 0 saturated carbocycles. The van der Waals surface area contributed by atoms with E-state index in [4.69, 9.17) is 0 Å². The summed E-state index contributed by atoms with van der Waals surface area (Å²) in [5.74, 6) is -0.123. The summed E-state index contributed by atoms with van der Waals surface area (Å²) in [7, 11) is 0. The molecule has 0 aliphatic rings. The van der Waals surface area contributed by atoms with Crippen LogP contribution in [0, 0.1) is 0 Å². The fourth-order valence-electron chi connectivity index (χ4n) is 2.02. The van der Waals surface area contributed by atoms with Gasteiger partial charge < -0.3 is 4.98 Å². The maximum absolute atomic E-state index is 11.8. The molecule has 20 heavy (non-hydrogen) atoms. The number of fused-ring (bicyclic) bond motifs is 1. The molecular weight excluding hydrogens is 270 g/mol. The first-order chi connectivity index (χ1) is 9.83. The Hall–Kier alpha value is -2.40. The van der Waals surface area contributed by atoms with Gasteiger partial charge in [-0.05, 0) is 23.1 Å². The highest BCUT2D eigenvalue weighted by Crippen LogP contribution is 2.17. The summed E-state index contributed by atoms with van der Waals surface area (Å²) in [6, 6.07) is 11.8. The number of hydrazone groups is 1. The van der Waals surface area contributed by atoms with Crippen molar-refractivity contribution in [2.24, 2.45) is 5.10 Å². The third kappa shape index (κ3) is 2.78. The zero-order chi connectivity index (χ0) is 13.8. The Morgan fingerprint density at radius 3 is 3.05 bits per heavy atom. The van der Waals surface area contributed by atoms with E-state index in [1.54, 1.807) is 17.6 Å². The van der Waals surface area contributed by atoms with Gasteiger partial charge >= 0.3 is 0 Å². The van der Waals surface area contributed by atoms with E-state index in [1.165, 1.54) is 0 Å². The van der Waals surface area contributed by atoms with Crippen LogP contribution in [-0.2, 0) is 11.2 Å². The minimum Gasteiger partial charge on any atom is -0.361 e. The Morgan fingerprint density at radius 1 is 1.30 bits per heavy atom. The molecule has 2 N–H and O–H groups in total. The van der Waals surface area contributed by atoms with E-state index in [2.05, 4.69) is 15.5 Å². The minimum atomic E-state index is -0.123. The standard InChI is InChI=1S/C15H13N3OS/c19-15(18-17-10-12-4-3-7-20-12)8-11-9-16-14-6-2-1-5-13(11)14/h1-7,9-10,16H,8H2,(H,18,19). The number of thiophene rings is 1. The molecule has 100 valence electrons. The molecule has 1 aromatic carbocycles. The van der Waals surface area contributed by atoms with E-state index in [0.29, 0.717) is 6.42 Å². The number of carbonyl (C=O) groups excluding carboxylic acids is 1. The van der Waals surface area contributed by atoms with Crippen molar-refractivity contribution in [3.05, 3.63) is 58.4 Å². The van der Waals surface area contributed by atoms with Crippen LogP contribution in [0.4, 0.5) is 0 Å². The van der Waals surface area contributed by atoms with E-state index >= 15 is 0 Å². The molecule has 0 aliphatic heterocycles. The van der Waals surface area contributed by atoms with Crippen LogP contribution in [0.3, 0.4) is 0 Å². The Balaban J connectivity index is 1.64. The predicted molar refractivity (Wildman–Crippen MR) is 82.1 cm³/mol. The number of hydrogen-bond acceptors (Lipinski definition) is 3. The summed E-state index contributed by atoms with van der Waals surface area (Å²) in [6.07, 6.45) is 3.83. The third-order valence-corrected chi connectivity index (χ3v) is 3.76. The molecule has 1 amide bonds. The molecule has 0 spiro atoms. The van der Waals surface area contributed by atoms with Gasteiger partial charge in [0.15, 0.2) is 0 Å². The normalized spacial score (nSPS) is 11.2. The van der Waals surface area contributed by atoms with Gasteiger partial charge in [-0.25, -0.2) is 5.43 Å². The molecule has 2 heterocycles. The van der Waals surface area contributed by atoms with Gasteiger partial charge in [-0.2, -0.15) is 5.10 Å². The number of nitrogens with one attached hydrogen (secondary N) is 2. The lowest BCUT2D eigenvalue weighted by molar-refractivity contribution is -0.120. The number of benzene rings is 1. The zero-order valence-corrected chi connectivity index (χ0v) is 11.5. The molecule has 5 heteroatoms. The Kier molecular flexibility index (Phi) is 3.60. The number of hydrogen-bond donors (Lipinski definition) is 2. The van der Waals surface area contributed by atoms with Crippen molar-refractivity contribution in [3.8, 4) is 0 Å². The van der Waals surface area contributed by atoms with E-state index in [0.717, 1.165) is 21.3 Å². The highest BCUT2D eigenvalue weighted by molar-refractivity contribution is 7.11. The average Bonchev–Trinajstić information content (AvgIpc) is 3.09. The van der Waals surface area contributed by atoms with Crippen LogP contribution in [0.15, 0.2) is 53.1 Å². The van der Waals surface area contributed by atoms with Crippen LogP contribution < -0.4 is 5.43 Å². The second-order valence-corrected chi connectivity index (χ2v) is 5.32. The monoisotopic (exact) mass is 283 g/mol. The summed E-state index contributed by atoms with van der Waals surface area (Å²) in [6.45, 7) is 0. The van der Waals surface area contributed by atoms with Crippen molar-refractivity contribution in [1.82, 2.24) is 10.4 Å². The van der Waals surface area contributed by atoms with Crippen LogP contribution in [0.25, 0.3) is 10.9 Å². The Labute approximate surface area is 120 Å². The van der Waals surface area contributed by atoms with Crippen LogP contribution in [-0.4, -0.2) is 17.1 Å². The first-order valence-corrected chi connectivity index (χ1v) is 7.11. The number of aromatic amines is 1. The molecule has 3 rings (SSSR count). The Bertz CT molecular complexity index is 743. The second-order valence-electron chi connectivity index (χ2n) is 4.34. The molecule has 0 unspecified atom stereocenters. The van der Waals surface area contributed by atoms with Crippen molar-refractivity contribution in [3.63, 3.8) is 0 Å². The van der Waals surface area contributed by atoms with E-state index in [9.17, 15) is 4.79 Å². The first-order valence-electron chi connectivity index (χ1n) is 6.23. The number of H-pyrrole nitrogens is 1. The van der Waals surface area contributed by atoms with Gasteiger partial charge in [0, 0.05) is 22.0 Å². The summed E-state index contributed by atoms with van der Waals surface area (Å²) in [5, 5.41) is 6.99. The fraction of sp³-hybridized carbons (Fsp3) is 0.0667. The summed E-state index contributed by atoms with van der Waals surface area (Å²) < 4.78 is 0. The molecule has 0 atom stereocenters. The molecule has 4 nitrogen and oxygen atoms in total. The van der Waals surface area contributed by atoms with Gasteiger partial charge in [-0.1, -0.05) is 24.3 Å². The topological polar surface area (TPSA) is 57.2 Å². The molecule has 0 radical (unpaired) electrons. The molecule has 0 saturated heterocycles. The van der Waals surface area contributed by atoms with Gasteiger partial charge in [0.25, 0.3) is 0 Å². The summed E-state index contributed by atoms with van der Waals surface area (Å²) >= 11 is 1.58. The fourth-order valence-corrected chi connectivity index (χ4v) is 2.61. The summed E-state index contributed by atoms with van der Waals surface area (Å²) in [5.41, 5.74) is 4.56. The van der Waals surface area contributed by atoms with E-state index in [1.807, 2.05) is 48.0 Å². The highest BCUT2D eigenvalue weighted by atomic mass is 32.1. The van der Waals surface area contributed by atoms with Crippen LogP contribution in [0.1, 0.15) is 10.4 Å². The lowest BCUT2D eigenvalue weighted by Gasteiger charge is -1.98. The van der Waals surface area contributed by atoms with Crippen LogP contribution >= 0.6 is 11.3 Å². The maximum Gasteiger partial charge on any atom is 0.244 e. The number of amides is 1. The smallest absolute Gasteiger partial charge is 0.244 e. The minimum absolute atomic E-state index is 0.123. The van der Waals surface area contributed by atoms with E-state index < -0.39 is 0 Å². The molecule has 2 aromatic heterocycles. The van der Waals surface area contributed by atoms with Gasteiger partial charge in [-0.15, -0.1) is 11.3 Å². The average molecular weight is 283 g/mol. The van der Waals surface area contributed by atoms with Crippen molar-refractivity contribution >= 4 is 34.4 Å². The van der Waals surface area contributed by atoms with Crippen molar-refractivity contribution in [1.29, 1.82) is 0 Å². The zero-order valence-electron chi connectivity index (χ0n) is 10.7. The lowest BCUT2D eigenvalue weighted by atomic mass is 10.1. The van der Waals surface area contributed by atoms with Crippen molar-refractivity contribution in [2.45, 2.75) is 6.42 Å². The predicted octanol–water partition coefficient (Wildman–Crippen LogP) is 2.92. The van der Waals surface area contributed by atoms with Gasteiger partial charge in [-0.3, -0.25) is 4.79 Å². The summed E-state index contributed by atoms with van der Waals surface area (Å²) in [4.78, 5) is 16.0. The van der Waals surface area contributed by atoms with Gasteiger partial charge in [0.05, 0.1) is 12.6 Å². The van der Waals surface area contributed by atoms with Crippen molar-refractivity contribution < 1.29 is 4.79 Å². The molecule has 0 bridgehead atoms. The van der Waals surface area contributed by atoms with E-state index in [-0.39, 0.29) is 5.91 Å². The number of para-hydroxylation sites is 1. The van der Waals surface area contributed by atoms with Gasteiger partial charge in [0.1, 0.15) is 0 Å². The number of carbonyl (C=O) groups is 1. The van der Waals surface area contributed by atoms with Gasteiger partial charge in [0.2, 0.25) is 5.91 Å². The quantitative estimate of drug-likeness (QED) is 0.561. The van der Waals surface area contributed by atoms with Crippen LogP contribution in [0.2, 0.25) is 0 Å². The SMILES string of the molecule is O=C(Cc1c[nH]c2ccccc12)NN=Cc1cccs1. The van der Waals surface area contributed by atoms with Crippen LogP contribution in [0.5, 0.6) is 0 Å². The molecule has 0 aliphatic carbocycles. The number of aromatic nitrogens is 1. The second kappa shape index (κ2) is 5.71. The lowest BCUT2D eigenvalue weighted by Crippen LogP contribution is -2.19. The molecule has 3 aromatic rings. The highest BCUT2D eigenvalue weighted by Gasteiger charge is 2.07. The maximum atomic E-state index is 11.8.